The second-order valence-corrected chi connectivity index (χ2v) is 7.89. The van der Waals surface area contributed by atoms with E-state index in [1.54, 1.807) is 0 Å². The molecule has 2 N–H and O–H groups in total. The van der Waals surface area contributed by atoms with Crippen molar-refractivity contribution in [2.75, 3.05) is 13.1 Å². The summed E-state index contributed by atoms with van der Waals surface area (Å²) in [5.74, 6) is 0.633. The Hall–Kier alpha value is -1.92. The van der Waals surface area contributed by atoms with Gasteiger partial charge < -0.3 is 10.6 Å². The third-order valence-corrected chi connectivity index (χ3v) is 5.66. The van der Waals surface area contributed by atoms with Crippen LogP contribution in [-0.2, 0) is 12.7 Å². The van der Waals surface area contributed by atoms with Crippen molar-refractivity contribution < 1.29 is 13.2 Å². The van der Waals surface area contributed by atoms with Gasteiger partial charge in [0.2, 0.25) is 0 Å². The summed E-state index contributed by atoms with van der Waals surface area (Å²) in [6.45, 7) is 2.42. The maximum atomic E-state index is 12.5. The smallest absolute Gasteiger partial charge is 0.313 e. The first kappa shape index (κ1) is 18.4. The Morgan fingerprint density at radius 3 is 2.44 bits per heavy atom. The van der Waals surface area contributed by atoms with Gasteiger partial charge in [-0.3, -0.25) is 4.98 Å². The normalized spacial score (nSPS) is 23.2. The van der Waals surface area contributed by atoms with Crippen LogP contribution in [-0.4, -0.2) is 24.1 Å². The van der Waals surface area contributed by atoms with Crippen molar-refractivity contribution in [2.45, 2.75) is 43.9 Å². The predicted octanol–water partition coefficient (Wildman–Crippen LogP) is 4.12. The number of alkyl halides is 3. The summed E-state index contributed by atoms with van der Waals surface area (Å²) in [5, 5.41) is 7.09. The summed E-state index contributed by atoms with van der Waals surface area (Å²) in [7, 11) is 0. The molecule has 144 valence electrons. The Morgan fingerprint density at radius 2 is 1.81 bits per heavy atom. The molecule has 3 nitrogen and oxygen atoms in total. The van der Waals surface area contributed by atoms with Gasteiger partial charge in [0.1, 0.15) is 5.69 Å². The molecule has 2 aliphatic carbocycles. The SMILES string of the molecule is FC(F)(F)c1ccc(CNCC2(CN[C@H]3CC3c3ccccc3)CC2)cn1. The highest BCUT2D eigenvalue weighted by molar-refractivity contribution is 5.27. The Balaban J connectivity index is 1.19. The first-order chi connectivity index (χ1) is 13.0. The average Bonchev–Trinajstić information content (AvgIpc) is 3.57. The molecule has 2 saturated carbocycles. The number of nitrogens with one attached hydrogen (secondary N) is 2. The molecular weight excluding hydrogens is 351 g/mol. The number of hydrogen-bond donors (Lipinski definition) is 2. The predicted molar refractivity (Wildman–Crippen MR) is 98.2 cm³/mol. The van der Waals surface area contributed by atoms with Gasteiger partial charge in [-0.25, -0.2) is 0 Å². The van der Waals surface area contributed by atoms with E-state index in [9.17, 15) is 13.2 Å². The van der Waals surface area contributed by atoms with Crippen LogP contribution < -0.4 is 10.6 Å². The summed E-state index contributed by atoms with van der Waals surface area (Å²) in [6.07, 6.45) is 0.519. The largest absolute Gasteiger partial charge is 0.433 e. The topological polar surface area (TPSA) is 37.0 Å². The summed E-state index contributed by atoms with van der Waals surface area (Å²) in [5.41, 5.74) is 1.64. The zero-order valence-electron chi connectivity index (χ0n) is 15.1. The molecule has 2 atom stereocenters. The van der Waals surface area contributed by atoms with Crippen molar-refractivity contribution in [3.05, 3.63) is 65.5 Å². The second-order valence-electron chi connectivity index (χ2n) is 7.89. The van der Waals surface area contributed by atoms with Crippen LogP contribution in [0.25, 0.3) is 0 Å². The minimum atomic E-state index is -4.38. The number of benzene rings is 1. The maximum Gasteiger partial charge on any atom is 0.433 e. The number of aromatic nitrogens is 1. The molecule has 2 aromatic rings. The summed E-state index contributed by atoms with van der Waals surface area (Å²) >= 11 is 0. The van der Waals surface area contributed by atoms with Gasteiger partial charge in [-0.15, -0.1) is 0 Å². The highest BCUT2D eigenvalue weighted by atomic mass is 19.4. The van der Waals surface area contributed by atoms with Gasteiger partial charge in [0.25, 0.3) is 0 Å². The van der Waals surface area contributed by atoms with Gasteiger partial charge in [0, 0.05) is 37.8 Å². The van der Waals surface area contributed by atoms with Crippen molar-refractivity contribution in [3.8, 4) is 0 Å². The third-order valence-electron chi connectivity index (χ3n) is 5.66. The van der Waals surface area contributed by atoms with Crippen molar-refractivity contribution in [3.63, 3.8) is 0 Å². The van der Waals surface area contributed by atoms with Crippen molar-refractivity contribution >= 4 is 0 Å². The summed E-state index contributed by atoms with van der Waals surface area (Å²) in [6, 6.07) is 13.7. The van der Waals surface area contributed by atoms with Gasteiger partial charge in [-0.05, 0) is 41.9 Å². The first-order valence-corrected chi connectivity index (χ1v) is 9.46. The fourth-order valence-corrected chi connectivity index (χ4v) is 3.60. The average molecular weight is 375 g/mol. The van der Waals surface area contributed by atoms with Gasteiger partial charge in [-0.2, -0.15) is 13.2 Å². The van der Waals surface area contributed by atoms with E-state index in [2.05, 4.69) is 39.9 Å². The minimum Gasteiger partial charge on any atom is -0.313 e. The lowest BCUT2D eigenvalue weighted by Gasteiger charge is -2.17. The summed E-state index contributed by atoms with van der Waals surface area (Å²) < 4.78 is 37.6. The molecule has 1 heterocycles. The third kappa shape index (κ3) is 4.68. The molecule has 0 amide bonds. The fourth-order valence-electron chi connectivity index (χ4n) is 3.60. The Bertz CT molecular complexity index is 754. The molecule has 0 radical (unpaired) electrons. The second kappa shape index (κ2) is 7.24. The van der Waals surface area contributed by atoms with Crippen LogP contribution in [0, 0.1) is 5.41 Å². The van der Waals surface area contributed by atoms with E-state index in [1.165, 1.54) is 37.1 Å². The molecule has 0 spiro atoms. The zero-order valence-corrected chi connectivity index (χ0v) is 15.1. The Morgan fingerprint density at radius 1 is 1.04 bits per heavy atom. The quantitative estimate of drug-likeness (QED) is 0.729. The number of rotatable bonds is 8. The van der Waals surface area contributed by atoms with Gasteiger partial charge in [0.05, 0.1) is 0 Å². The number of pyridine rings is 1. The highest BCUT2D eigenvalue weighted by Crippen LogP contribution is 2.46. The number of nitrogens with zero attached hydrogens (tertiary/aromatic N) is 1. The highest BCUT2D eigenvalue weighted by Gasteiger charge is 2.45. The number of halogens is 3. The van der Waals surface area contributed by atoms with Crippen LogP contribution in [0.2, 0.25) is 0 Å². The summed E-state index contributed by atoms with van der Waals surface area (Å²) in [4.78, 5) is 3.51. The van der Waals surface area contributed by atoms with Gasteiger partial charge >= 0.3 is 6.18 Å². The van der Waals surface area contributed by atoms with E-state index in [4.69, 9.17) is 0 Å². The molecule has 2 fully saturated rings. The van der Waals surface area contributed by atoms with E-state index in [0.717, 1.165) is 24.7 Å². The van der Waals surface area contributed by atoms with E-state index < -0.39 is 11.9 Å². The fraction of sp³-hybridized carbons (Fsp3) is 0.476. The molecule has 0 saturated heterocycles. The van der Waals surface area contributed by atoms with Crippen molar-refractivity contribution in [2.24, 2.45) is 5.41 Å². The van der Waals surface area contributed by atoms with Crippen molar-refractivity contribution in [1.82, 2.24) is 15.6 Å². The first-order valence-electron chi connectivity index (χ1n) is 9.46. The molecule has 0 aliphatic heterocycles. The molecule has 1 aromatic heterocycles. The maximum absolute atomic E-state index is 12.5. The molecule has 27 heavy (non-hydrogen) atoms. The molecule has 2 aliphatic rings. The van der Waals surface area contributed by atoms with E-state index in [1.807, 2.05) is 6.07 Å². The van der Waals surface area contributed by atoms with Crippen LogP contribution >= 0.6 is 0 Å². The standard InChI is InChI=1S/C21H24F3N3/c22-21(23,24)19-7-6-15(12-26-19)11-25-13-20(8-9-20)14-27-18-10-17(18)16-4-2-1-3-5-16/h1-7,12,17-18,25,27H,8-11,13-14H2/t17?,18-/m0/s1. The van der Waals surface area contributed by atoms with Crippen LogP contribution in [0.5, 0.6) is 0 Å². The molecule has 0 bridgehead atoms. The lowest BCUT2D eigenvalue weighted by atomic mass is 10.1. The van der Waals surface area contributed by atoms with Crippen LogP contribution in [0.3, 0.4) is 0 Å². The molecule has 1 aromatic carbocycles. The Kier molecular flexibility index (Phi) is 4.95. The molecule has 4 rings (SSSR count). The van der Waals surface area contributed by atoms with Crippen molar-refractivity contribution in [1.29, 1.82) is 0 Å². The van der Waals surface area contributed by atoms with E-state index >= 15 is 0 Å². The monoisotopic (exact) mass is 375 g/mol. The molecule has 1 unspecified atom stereocenters. The lowest BCUT2D eigenvalue weighted by molar-refractivity contribution is -0.141. The van der Waals surface area contributed by atoms with Crippen LogP contribution in [0.15, 0.2) is 48.7 Å². The lowest BCUT2D eigenvalue weighted by Crippen LogP contribution is -2.34. The van der Waals surface area contributed by atoms with E-state index in [0.29, 0.717) is 23.9 Å². The molecule has 6 heteroatoms. The van der Waals surface area contributed by atoms with Gasteiger partial charge in [0.15, 0.2) is 0 Å². The Labute approximate surface area is 157 Å². The minimum absolute atomic E-state index is 0.295. The molecular formula is C21H24F3N3. The zero-order chi connectivity index (χ0) is 18.9. The van der Waals surface area contributed by atoms with Crippen LogP contribution in [0.1, 0.15) is 42.0 Å². The number of hydrogen-bond acceptors (Lipinski definition) is 3. The van der Waals surface area contributed by atoms with E-state index in [-0.39, 0.29) is 0 Å². The van der Waals surface area contributed by atoms with Gasteiger partial charge in [-0.1, -0.05) is 36.4 Å². The van der Waals surface area contributed by atoms with Crippen LogP contribution in [0.4, 0.5) is 13.2 Å².